The van der Waals surface area contributed by atoms with Crippen LogP contribution >= 0.6 is 0 Å². The quantitative estimate of drug-likeness (QED) is 0.779. The molecule has 0 saturated carbocycles. The number of hydrogen-bond acceptors (Lipinski definition) is 3. The van der Waals surface area contributed by atoms with Crippen molar-refractivity contribution in [2.24, 2.45) is 0 Å². The summed E-state index contributed by atoms with van der Waals surface area (Å²) in [5.41, 5.74) is 2.47. The molecule has 1 aliphatic heterocycles. The molecule has 2 aromatic carbocycles. The van der Waals surface area contributed by atoms with Crippen LogP contribution in [0.1, 0.15) is 28.8 Å². The summed E-state index contributed by atoms with van der Waals surface area (Å²) in [5, 5.41) is 2.91. The molecule has 3 rings (SSSR count). The Hall–Kier alpha value is -2.86. The van der Waals surface area contributed by atoms with Crippen LogP contribution in [0.15, 0.2) is 54.6 Å². The number of urea groups is 1. The SMILES string of the molecule is COCC(Cc1ccccc1)N(C)C(=O)Nc1ccc(C(=O)N2CCCC2)cc1. The molecule has 6 nitrogen and oxygen atoms in total. The van der Waals surface area contributed by atoms with Crippen LogP contribution in [-0.4, -0.2) is 61.6 Å². The number of likely N-dealkylation sites (N-methyl/N-ethyl adjacent to an activating group) is 1. The predicted octanol–water partition coefficient (Wildman–Crippen LogP) is 3.64. The van der Waals surface area contributed by atoms with Crippen molar-refractivity contribution < 1.29 is 14.3 Å². The number of nitrogens with zero attached hydrogens (tertiary/aromatic N) is 2. The molecule has 6 heteroatoms. The van der Waals surface area contributed by atoms with E-state index >= 15 is 0 Å². The van der Waals surface area contributed by atoms with Crippen molar-refractivity contribution in [1.82, 2.24) is 9.80 Å². The van der Waals surface area contributed by atoms with Crippen LogP contribution in [0, 0.1) is 0 Å². The summed E-state index contributed by atoms with van der Waals surface area (Å²) in [6.45, 7) is 2.09. The average Bonchev–Trinajstić information content (AvgIpc) is 3.28. The molecule has 0 spiro atoms. The van der Waals surface area contributed by atoms with E-state index in [1.807, 2.05) is 35.2 Å². The van der Waals surface area contributed by atoms with E-state index in [2.05, 4.69) is 5.32 Å². The average molecular weight is 396 g/mol. The molecule has 1 N–H and O–H groups in total. The minimum Gasteiger partial charge on any atom is -0.383 e. The van der Waals surface area contributed by atoms with Crippen LogP contribution in [0.2, 0.25) is 0 Å². The Balaban J connectivity index is 1.60. The molecule has 1 fully saturated rings. The molecular weight excluding hydrogens is 366 g/mol. The summed E-state index contributed by atoms with van der Waals surface area (Å²) >= 11 is 0. The molecule has 29 heavy (non-hydrogen) atoms. The molecule has 1 atom stereocenters. The maximum Gasteiger partial charge on any atom is 0.321 e. The molecule has 0 aromatic heterocycles. The zero-order valence-electron chi connectivity index (χ0n) is 17.1. The van der Waals surface area contributed by atoms with Gasteiger partial charge in [0.05, 0.1) is 12.6 Å². The summed E-state index contributed by atoms with van der Waals surface area (Å²) in [6.07, 6.45) is 2.84. The van der Waals surface area contributed by atoms with E-state index in [0.717, 1.165) is 31.5 Å². The number of likely N-dealkylation sites (tertiary alicyclic amines) is 1. The maximum atomic E-state index is 12.7. The monoisotopic (exact) mass is 395 g/mol. The summed E-state index contributed by atoms with van der Waals surface area (Å²) in [7, 11) is 3.41. The number of carbonyl (C=O) groups is 2. The second kappa shape index (κ2) is 10.1. The van der Waals surface area contributed by atoms with Crippen molar-refractivity contribution in [3.8, 4) is 0 Å². The lowest BCUT2D eigenvalue weighted by atomic mass is 10.1. The summed E-state index contributed by atoms with van der Waals surface area (Å²) in [6, 6.07) is 16.8. The Morgan fingerprint density at radius 1 is 1.07 bits per heavy atom. The van der Waals surface area contributed by atoms with Gasteiger partial charge in [-0.1, -0.05) is 30.3 Å². The van der Waals surface area contributed by atoms with Gasteiger partial charge in [0, 0.05) is 38.5 Å². The van der Waals surface area contributed by atoms with E-state index in [9.17, 15) is 9.59 Å². The highest BCUT2D eigenvalue weighted by atomic mass is 16.5. The second-order valence-corrected chi connectivity index (χ2v) is 7.42. The van der Waals surface area contributed by atoms with E-state index in [-0.39, 0.29) is 18.0 Å². The first-order chi connectivity index (χ1) is 14.1. The van der Waals surface area contributed by atoms with Crippen LogP contribution in [0.5, 0.6) is 0 Å². The van der Waals surface area contributed by atoms with E-state index in [1.54, 1.807) is 43.3 Å². The van der Waals surface area contributed by atoms with Gasteiger partial charge < -0.3 is 19.9 Å². The number of amides is 3. The topological polar surface area (TPSA) is 61.9 Å². The van der Waals surface area contributed by atoms with Crippen LogP contribution in [0.3, 0.4) is 0 Å². The van der Waals surface area contributed by atoms with Crippen LogP contribution in [-0.2, 0) is 11.2 Å². The van der Waals surface area contributed by atoms with E-state index in [1.165, 1.54) is 0 Å². The largest absolute Gasteiger partial charge is 0.383 e. The van der Waals surface area contributed by atoms with Crippen molar-refractivity contribution in [3.05, 3.63) is 65.7 Å². The van der Waals surface area contributed by atoms with Crippen molar-refractivity contribution >= 4 is 17.6 Å². The number of ether oxygens (including phenoxy) is 1. The second-order valence-electron chi connectivity index (χ2n) is 7.42. The summed E-state index contributed by atoms with van der Waals surface area (Å²) < 4.78 is 5.32. The van der Waals surface area contributed by atoms with E-state index in [4.69, 9.17) is 4.74 Å². The number of anilines is 1. The van der Waals surface area contributed by atoms with Gasteiger partial charge in [0.2, 0.25) is 0 Å². The normalized spacial score (nSPS) is 14.5. The number of hydrogen-bond donors (Lipinski definition) is 1. The van der Waals surface area contributed by atoms with E-state index in [0.29, 0.717) is 24.3 Å². The van der Waals surface area contributed by atoms with Gasteiger partial charge in [0.15, 0.2) is 0 Å². The Morgan fingerprint density at radius 3 is 2.34 bits per heavy atom. The fourth-order valence-electron chi connectivity index (χ4n) is 3.56. The van der Waals surface area contributed by atoms with Crippen LogP contribution < -0.4 is 5.32 Å². The predicted molar refractivity (Wildman–Crippen MR) is 114 cm³/mol. The van der Waals surface area contributed by atoms with Gasteiger partial charge in [-0.25, -0.2) is 4.79 Å². The molecule has 2 aromatic rings. The van der Waals surface area contributed by atoms with Crippen molar-refractivity contribution in [3.63, 3.8) is 0 Å². The highest BCUT2D eigenvalue weighted by Gasteiger charge is 2.22. The molecule has 1 heterocycles. The summed E-state index contributed by atoms with van der Waals surface area (Å²) in [4.78, 5) is 28.7. The Kier molecular flexibility index (Phi) is 7.25. The minimum atomic E-state index is -0.207. The van der Waals surface area contributed by atoms with Crippen LogP contribution in [0.25, 0.3) is 0 Å². The highest BCUT2D eigenvalue weighted by Crippen LogP contribution is 2.16. The fraction of sp³-hybridized carbons (Fsp3) is 0.391. The first-order valence-corrected chi connectivity index (χ1v) is 10.0. The smallest absolute Gasteiger partial charge is 0.321 e. The number of benzene rings is 2. The number of methoxy groups -OCH3 is 1. The fourth-order valence-corrected chi connectivity index (χ4v) is 3.56. The maximum absolute atomic E-state index is 12.7. The lowest BCUT2D eigenvalue weighted by molar-refractivity contribution is 0.0793. The molecule has 0 aliphatic carbocycles. The standard InChI is InChI=1S/C23H29N3O3/c1-25(21(17-29-2)16-18-8-4-3-5-9-18)23(28)24-20-12-10-19(11-13-20)22(27)26-14-6-7-15-26/h3-5,8-13,21H,6-7,14-17H2,1-2H3,(H,24,28). The molecule has 154 valence electrons. The first-order valence-electron chi connectivity index (χ1n) is 10.0. The number of rotatable bonds is 7. The molecule has 1 unspecified atom stereocenters. The third-order valence-electron chi connectivity index (χ3n) is 5.32. The van der Waals surface area contributed by atoms with Gasteiger partial charge in [0.25, 0.3) is 5.91 Å². The third kappa shape index (κ3) is 5.57. The van der Waals surface area contributed by atoms with Crippen molar-refractivity contribution in [1.29, 1.82) is 0 Å². The minimum absolute atomic E-state index is 0.0560. The lowest BCUT2D eigenvalue weighted by Gasteiger charge is -2.28. The molecule has 0 bridgehead atoms. The van der Waals surface area contributed by atoms with Gasteiger partial charge >= 0.3 is 6.03 Å². The molecular formula is C23H29N3O3. The molecule has 1 aliphatic rings. The lowest BCUT2D eigenvalue weighted by Crippen LogP contribution is -2.43. The zero-order valence-corrected chi connectivity index (χ0v) is 17.1. The van der Waals surface area contributed by atoms with Crippen molar-refractivity contribution in [2.75, 3.05) is 39.2 Å². The van der Waals surface area contributed by atoms with Gasteiger partial charge in [-0.05, 0) is 49.1 Å². The van der Waals surface area contributed by atoms with Crippen molar-refractivity contribution in [2.45, 2.75) is 25.3 Å². The number of carbonyl (C=O) groups excluding carboxylic acids is 2. The third-order valence-corrected chi connectivity index (χ3v) is 5.32. The Morgan fingerprint density at radius 2 is 1.72 bits per heavy atom. The Labute approximate surface area is 172 Å². The molecule has 3 amide bonds. The first kappa shape index (κ1) is 20.9. The Bertz CT molecular complexity index is 802. The van der Waals surface area contributed by atoms with E-state index < -0.39 is 0 Å². The molecule has 1 saturated heterocycles. The number of nitrogens with one attached hydrogen (secondary N) is 1. The van der Waals surface area contributed by atoms with Gasteiger partial charge in [0.1, 0.15) is 0 Å². The zero-order chi connectivity index (χ0) is 20.6. The van der Waals surface area contributed by atoms with Crippen LogP contribution in [0.4, 0.5) is 10.5 Å². The van der Waals surface area contributed by atoms with Gasteiger partial charge in [-0.15, -0.1) is 0 Å². The highest BCUT2D eigenvalue weighted by molar-refractivity contribution is 5.95. The summed E-state index contributed by atoms with van der Waals surface area (Å²) in [5.74, 6) is 0.0560. The van der Waals surface area contributed by atoms with Gasteiger partial charge in [-0.3, -0.25) is 4.79 Å². The van der Waals surface area contributed by atoms with Gasteiger partial charge in [-0.2, -0.15) is 0 Å². The molecule has 0 radical (unpaired) electrons.